The number of aliphatic hydroxyl groups is 1. The molecule has 4 N–H and O–H groups in total. The van der Waals surface area contributed by atoms with Crippen molar-refractivity contribution >= 4 is 35.3 Å². The molecule has 6 atom stereocenters. The molecule has 0 aliphatic carbocycles. The van der Waals surface area contributed by atoms with Crippen LogP contribution in [0.5, 0.6) is 5.75 Å². The van der Waals surface area contributed by atoms with E-state index in [9.17, 15) is 29.4 Å². The predicted molar refractivity (Wildman–Crippen MR) is 147 cm³/mol. The first-order valence-electron chi connectivity index (χ1n) is 13.1. The molecule has 39 heavy (non-hydrogen) atoms. The molecule has 0 spiro atoms. The summed E-state index contributed by atoms with van der Waals surface area (Å²) in [6.45, 7) is 8.23. The molecule has 10 nitrogen and oxygen atoms in total. The number of esters is 1. The summed E-state index contributed by atoms with van der Waals surface area (Å²) in [5.41, 5.74) is 1.51. The normalized spacial score (nSPS) is 28.5. The number of nitrogens with one attached hydrogen (secondary N) is 2. The van der Waals surface area contributed by atoms with Gasteiger partial charge in [0, 0.05) is 19.4 Å². The standard InChI is InChI=1S/C28H40ClN3O7/c1-15-9-16(2)11-18(4)39-28(38)19(5)30-26(36)23(13-20-7-8-24(34)21(29)12-20)32(6)27(37)22(14-33)31-25(35)17(3)10-15/h7-9,12,16-19,22-23,33-34H,10-11,13-14H2,1-6H3,(H,30,36)(H,31,35). The molecule has 0 bridgehead atoms. The zero-order chi connectivity index (χ0) is 29.4. The first-order chi connectivity index (χ1) is 18.2. The first-order valence-corrected chi connectivity index (χ1v) is 13.4. The molecule has 1 aromatic carbocycles. The summed E-state index contributed by atoms with van der Waals surface area (Å²) in [5, 5.41) is 25.0. The third-order valence-electron chi connectivity index (χ3n) is 6.73. The van der Waals surface area contributed by atoms with Crippen molar-refractivity contribution in [3.63, 3.8) is 0 Å². The monoisotopic (exact) mass is 565 g/mol. The van der Waals surface area contributed by atoms with Crippen molar-refractivity contribution in [2.24, 2.45) is 11.8 Å². The van der Waals surface area contributed by atoms with Gasteiger partial charge in [-0.25, -0.2) is 4.79 Å². The summed E-state index contributed by atoms with van der Waals surface area (Å²) in [4.78, 5) is 53.6. The number of likely N-dealkylation sites (N-methyl/N-ethyl adjacent to an activating group) is 1. The van der Waals surface area contributed by atoms with E-state index in [1.165, 1.54) is 26.1 Å². The van der Waals surface area contributed by atoms with E-state index in [0.29, 0.717) is 18.4 Å². The number of amides is 3. The molecule has 0 aromatic heterocycles. The van der Waals surface area contributed by atoms with Crippen LogP contribution in [-0.2, 0) is 30.3 Å². The minimum atomic E-state index is -1.28. The number of allylic oxidation sites excluding steroid dienone is 2. The number of benzene rings is 1. The third kappa shape index (κ3) is 9.25. The zero-order valence-corrected chi connectivity index (χ0v) is 24.1. The maximum atomic E-state index is 13.4. The van der Waals surface area contributed by atoms with Crippen molar-refractivity contribution in [3.8, 4) is 5.75 Å². The van der Waals surface area contributed by atoms with Gasteiger partial charge in [-0.3, -0.25) is 14.4 Å². The lowest BCUT2D eigenvalue weighted by Crippen LogP contribution is -2.58. The maximum absolute atomic E-state index is 13.4. The Labute approximate surface area is 234 Å². The van der Waals surface area contributed by atoms with Crippen LogP contribution in [0.4, 0.5) is 0 Å². The summed E-state index contributed by atoms with van der Waals surface area (Å²) in [6, 6.07) is 0.969. The van der Waals surface area contributed by atoms with Crippen molar-refractivity contribution in [2.45, 2.75) is 78.1 Å². The molecule has 0 fully saturated rings. The quantitative estimate of drug-likeness (QED) is 0.325. The van der Waals surface area contributed by atoms with E-state index in [1.807, 2.05) is 19.9 Å². The van der Waals surface area contributed by atoms with Crippen molar-refractivity contribution in [2.75, 3.05) is 13.7 Å². The van der Waals surface area contributed by atoms with Crippen molar-refractivity contribution in [1.82, 2.24) is 15.5 Å². The van der Waals surface area contributed by atoms with Crippen LogP contribution in [0.2, 0.25) is 5.02 Å². The first kappa shape index (κ1) is 32.1. The number of aromatic hydroxyl groups is 1. The van der Waals surface area contributed by atoms with Crippen molar-refractivity contribution in [1.29, 1.82) is 0 Å². The SMILES string of the molecule is CC1=CC(C)CC(C)OC(=O)C(C)NC(=O)C(Cc2ccc(O)c(Cl)c2)N(C)C(=O)C(CO)NC(=O)C(C)C1. The van der Waals surface area contributed by atoms with Crippen LogP contribution in [0.3, 0.4) is 0 Å². The number of hydrogen-bond donors (Lipinski definition) is 4. The van der Waals surface area contributed by atoms with E-state index >= 15 is 0 Å². The van der Waals surface area contributed by atoms with Gasteiger partial charge in [-0.15, -0.1) is 0 Å². The average Bonchev–Trinajstić information content (AvgIpc) is 2.85. The van der Waals surface area contributed by atoms with Gasteiger partial charge in [0.15, 0.2) is 0 Å². The van der Waals surface area contributed by atoms with Gasteiger partial charge in [0.2, 0.25) is 17.7 Å². The third-order valence-corrected chi connectivity index (χ3v) is 7.04. The Morgan fingerprint density at radius 1 is 1.08 bits per heavy atom. The van der Waals surface area contributed by atoms with Crippen LogP contribution in [0, 0.1) is 11.8 Å². The highest BCUT2D eigenvalue weighted by molar-refractivity contribution is 6.32. The molecule has 216 valence electrons. The number of carbonyl (C=O) groups excluding carboxylic acids is 4. The number of ether oxygens (including phenoxy) is 1. The summed E-state index contributed by atoms with van der Waals surface area (Å²) in [7, 11) is 1.38. The number of phenols is 1. The van der Waals surface area contributed by atoms with E-state index in [4.69, 9.17) is 16.3 Å². The van der Waals surface area contributed by atoms with Crippen molar-refractivity contribution in [3.05, 3.63) is 40.4 Å². The van der Waals surface area contributed by atoms with Crippen LogP contribution in [0.15, 0.2) is 29.8 Å². The highest BCUT2D eigenvalue weighted by Crippen LogP contribution is 2.25. The molecule has 1 heterocycles. The van der Waals surface area contributed by atoms with Crippen LogP contribution < -0.4 is 10.6 Å². The topological polar surface area (TPSA) is 145 Å². The number of carbonyl (C=O) groups is 4. The molecule has 3 amide bonds. The number of hydrogen-bond acceptors (Lipinski definition) is 7. The summed E-state index contributed by atoms with van der Waals surface area (Å²) in [6.07, 6.45) is 2.58. The lowest BCUT2D eigenvalue weighted by atomic mass is 9.95. The second-order valence-corrected chi connectivity index (χ2v) is 10.9. The van der Waals surface area contributed by atoms with Crippen LogP contribution in [-0.4, -0.2) is 76.7 Å². The van der Waals surface area contributed by atoms with Gasteiger partial charge in [-0.2, -0.15) is 0 Å². The van der Waals surface area contributed by atoms with Gasteiger partial charge in [-0.05, 0) is 57.2 Å². The fourth-order valence-electron chi connectivity index (χ4n) is 4.64. The van der Waals surface area contributed by atoms with E-state index in [0.717, 1.165) is 10.5 Å². The van der Waals surface area contributed by atoms with Crippen LogP contribution in [0.25, 0.3) is 0 Å². The molecule has 1 aliphatic heterocycles. The van der Waals surface area contributed by atoms with Gasteiger partial charge in [0.25, 0.3) is 0 Å². The average molecular weight is 566 g/mol. The highest BCUT2D eigenvalue weighted by atomic mass is 35.5. The smallest absolute Gasteiger partial charge is 0.328 e. The molecule has 0 radical (unpaired) electrons. The Bertz CT molecular complexity index is 1090. The molecule has 11 heteroatoms. The predicted octanol–water partition coefficient (Wildman–Crippen LogP) is 2.34. The van der Waals surface area contributed by atoms with Gasteiger partial charge >= 0.3 is 5.97 Å². The van der Waals surface area contributed by atoms with Gasteiger partial charge in [0.05, 0.1) is 17.7 Å². The Balaban J connectivity index is 2.44. The minimum Gasteiger partial charge on any atom is -0.506 e. The van der Waals surface area contributed by atoms with Crippen molar-refractivity contribution < 1.29 is 34.1 Å². The molecule has 0 saturated carbocycles. The van der Waals surface area contributed by atoms with E-state index in [2.05, 4.69) is 10.6 Å². The number of rotatable bonds is 3. The minimum absolute atomic E-state index is 0.0176. The van der Waals surface area contributed by atoms with E-state index in [1.54, 1.807) is 19.9 Å². The molecular weight excluding hydrogens is 526 g/mol. The van der Waals surface area contributed by atoms with E-state index in [-0.39, 0.29) is 23.1 Å². The second kappa shape index (κ2) is 14.3. The van der Waals surface area contributed by atoms with Gasteiger partial charge in [0.1, 0.15) is 23.9 Å². The molecule has 6 unspecified atom stereocenters. The Morgan fingerprint density at radius 2 is 1.74 bits per heavy atom. The van der Waals surface area contributed by atoms with E-state index < -0.39 is 60.4 Å². The van der Waals surface area contributed by atoms with Crippen LogP contribution in [0.1, 0.15) is 53.0 Å². The fourth-order valence-corrected chi connectivity index (χ4v) is 4.85. The lowest BCUT2D eigenvalue weighted by molar-refractivity contribution is -0.153. The largest absolute Gasteiger partial charge is 0.506 e. The molecule has 1 aromatic rings. The van der Waals surface area contributed by atoms with Gasteiger partial charge < -0.3 is 30.5 Å². The summed E-state index contributed by atoms with van der Waals surface area (Å²) >= 11 is 6.04. The summed E-state index contributed by atoms with van der Waals surface area (Å²) < 4.78 is 5.56. The maximum Gasteiger partial charge on any atom is 0.328 e. The molecule has 0 saturated heterocycles. The number of nitrogens with zero attached hydrogens (tertiary/aromatic N) is 1. The molecule has 1 aliphatic rings. The Hall–Kier alpha value is -3.11. The zero-order valence-electron chi connectivity index (χ0n) is 23.4. The molecule has 2 rings (SSSR count). The van der Waals surface area contributed by atoms with Crippen LogP contribution >= 0.6 is 11.6 Å². The second-order valence-electron chi connectivity index (χ2n) is 10.5. The molecular formula is C28H40ClN3O7. The number of aliphatic hydroxyl groups excluding tert-OH is 1. The lowest BCUT2D eigenvalue weighted by Gasteiger charge is -2.31. The number of halogens is 1. The summed E-state index contributed by atoms with van der Waals surface area (Å²) in [5.74, 6) is -2.90. The van der Waals surface area contributed by atoms with Gasteiger partial charge in [-0.1, -0.05) is 43.2 Å². The number of phenolic OH excluding ortho intramolecular Hbond substituents is 1. The highest BCUT2D eigenvalue weighted by Gasteiger charge is 2.34. The fraction of sp³-hybridized carbons (Fsp3) is 0.571. The Kier molecular flexibility index (Phi) is 11.8. The number of cyclic esters (lactones) is 1. The Morgan fingerprint density at radius 3 is 2.36 bits per heavy atom.